The van der Waals surface area contributed by atoms with Gasteiger partial charge < -0.3 is 0 Å². The van der Waals surface area contributed by atoms with E-state index in [9.17, 15) is 4.79 Å². The molecule has 0 saturated heterocycles. The summed E-state index contributed by atoms with van der Waals surface area (Å²) in [5.74, 6) is 0.118. The van der Waals surface area contributed by atoms with Crippen molar-refractivity contribution in [2.45, 2.75) is 33.1 Å². The van der Waals surface area contributed by atoms with E-state index in [4.69, 9.17) is 0 Å². The highest BCUT2D eigenvalue weighted by atomic mass is 29.3. The van der Waals surface area contributed by atoms with Gasteiger partial charge in [-0.1, -0.05) is 97.7 Å². The Morgan fingerprint density at radius 1 is 0.870 bits per heavy atom. The maximum absolute atomic E-state index is 11.4. The Labute approximate surface area is 141 Å². The van der Waals surface area contributed by atoms with Crippen LogP contribution in [0.5, 0.6) is 0 Å². The third-order valence-corrected chi connectivity index (χ3v) is 22.1. The molecule has 0 saturated carbocycles. The van der Waals surface area contributed by atoms with Crippen LogP contribution in [0.1, 0.15) is 22.8 Å². The molecular formula is C20H26OSi2. The summed E-state index contributed by atoms with van der Waals surface area (Å²) < 4.78 is 0. The molecule has 0 aliphatic rings. The van der Waals surface area contributed by atoms with Crippen LogP contribution in [-0.2, 0) is 0 Å². The van der Waals surface area contributed by atoms with Gasteiger partial charge in [0.15, 0.2) is 5.78 Å². The summed E-state index contributed by atoms with van der Waals surface area (Å²) in [6, 6.07) is 18.9. The first kappa shape index (κ1) is 17.6. The Morgan fingerprint density at radius 3 is 1.96 bits per heavy atom. The van der Waals surface area contributed by atoms with Gasteiger partial charge in [0.25, 0.3) is 0 Å². The van der Waals surface area contributed by atoms with Gasteiger partial charge in [-0.25, -0.2) is 0 Å². The number of ketones is 1. The maximum atomic E-state index is 11.4. The van der Waals surface area contributed by atoms with Crippen molar-refractivity contribution < 1.29 is 4.79 Å². The number of carbonyl (C=O) groups is 1. The summed E-state index contributed by atoms with van der Waals surface area (Å²) in [5.41, 5.74) is 4.42. The van der Waals surface area contributed by atoms with Crippen LogP contribution in [0.4, 0.5) is 0 Å². The van der Waals surface area contributed by atoms with Crippen LogP contribution in [0.15, 0.2) is 60.3 Å². The molecule has 0 aromatic heterocycles. The quantitative estimate of drug-likeness (QED) is 0.563. The lowest BCUT2D eigenvalue weighted by molar-refractivity contribution is 0.101. The standard InChI is InChI=1S/C20H26OSi2/c1-17(21)19-13-11-18(12-14-19)15-16-22(2,3)23(4,5)20-9-7-6-8-10-20/h6-16H,1-5H3/b16-15+. The van der Waals surface area contributed by atoms with Gasteiger partial charge >= 0.3 is 0 Å². The molecule has 2 rings (SSSR count). The van der Waals surface area contributed by atoms with Crippen molar-refractivity contribution in [3.8, 4) is 0 Å². The van der Waals surface area contributed by atoms with E-state index >= 15 is 0 Å². The molecular weight excluding hydrogens is 312 g/mol. The molecule has 0 amide bonds. The first-order valence-electron chi connectivity index (χ1n) is 8.10. The third-order valence-electron chi connectivity index (χ3n) is 5.12. The average molecular weight is 339 g/mol. The molecule has 0 radical (unpaired) electrons. The van der Waals surface area contributed by atoms with Crippen LogP contribution in [0.25, 0.3) is 6.08 Å². The van der Waals surface area contributed by atoms with E-state index in [1.54, 1.807) is 6.92 Å². The Kier molecular flexibility index (Phi) is 5.22. The van der Waals surface area contributed by atoms with Crippen molar-refractivity contribution in [1.29, 1.82) is 0 Å². The monoisotopic (exact) mass is 338 g/mol. The molecule has 1 nitrogen and oxygen atoms in total. The van der Waals surface area contributed by atoms with Gasteiger partial charge in [0.05, 0.1) is 15.2 Å². The van der Waals surface area contributed by atoms with Crippen LogP contribution in [0.3, 0.4) is 0 Å². The fraction of sp³-hybridized carbons (Fsp3) is 0.250. The van der Waals surface area contributed by atoms with Gasteiger partial charge in [-0.15, -0.1) is 0 Å². The summed E-state index contributed by atoms with van der Waals surface area (Å²) in [6.07, 6.45) is 2.24. The maximum Gasteiger partial charge on any atom is 0.159 e. The van der Waals surface area contributed by atoms with E-state index in [1.165, 1.54) is 10.8 Å². The SMILES string of the molecule is CC(=O)c1ccc(/C=C/[Si](C)(C)[Si](C)(C)c2ccccc2)cc1. The highest BCUT2D eigenvalue weighted by Gasteiger charge is 2.40. The van der Waals surface area contributed by atoms with Crippen LogP contribution in [-0.4, -0.2) is 21.0 Å². The van der Waals surface area contributed by atoms with Gasteiger partial charge in [0.1, 0.15) is 0 Å². The smallest absolute Gasteiger partial charge is 0.159 e. The minimum Gasteiger partial charge on any atom is -0.295 e. The van der Waals surface area contributed by atoms with Gasteiger partial charge in [-0.2, -0.15) is 0 Å². The molecule has 0 heterocycles. The molecule has 0 fully saturated rings. The lowest BCUT2D eigenvalue weighted by Crippen LogP contribution is -2.61. The summed E-state index contributed by atoms with van der Waals surface area (Å²) >= 11 is 0. The molecule has 2 aromatic rings. The highest BCUT2D eigenvalue weighted by Crippen LogP contribution is 2.22. The van der Waals surface area contributed by atoms with E-state index in [0.717, 1.165) is 5.56 Å². The fourth-order valence-electron chi connectivity index (χ4n) is 2.57. The summed E-state index contributed by atoms with van der Waals surface area (Å²) in [4.78, 5) is 11.4. The van der Waals surface area contributed by atoms with Crippen LogP contribution >= 0.6 is 0 Å². The Morgan fingerprint density at radius 2 is 1.43 bits per heavy atom. The molecule has 120 valence electrons. The molecule has 0 unspecified atom stereocenters. The Bertz CT molecular complexity index is 698. The zero-order valence-corrected chi connectivity index (χ0v) is 16.8. The van der Waals surface area contributed by atoms with Crippen LogP contribution in [0, 0.1) is 0 Å². The predicted molar refractivity (Wildman–Crippen MR) is 107 cm³/mol. The minimum atomic E-state index is -1.50. The van der Waals surface area contributed by atoms with E-state index in [2.05, 4.69) is 68.3 Å². The molecule has 0 N–H and O–H groups in total. The lowest BCUT2D eigenvalue weighted by Gasteiger charge is -2.36. The number of hydrogen-bond acceptors (Lipinski definition) is 1. The minimum absolute atomic E-state index is 0.118. The van der Waals surface area contributed by atoms with Gasteiger partial charge in [0, 0.05) is 5.56 Å². The number of benzene rings is 2. The van der Waals surface area contributed by atoms with Crippen molar-refractivity contribution in [3.05, 3.63) is 71.4 Å². The van der Waals surface area contributed by atoms with E-state index in [1.807, 2.05) is 24.3 Å². The van der Waals surface area contributed by atoms with Crippen molar-refractivity contribution in [2.24, 2.45) is 0 Å². The summed E-state index contributed by atoms with van der Waals surface area (Å²) in [7, 11) is -2.99. The zero-order chi connectivity index (χ0) is 17.1. The van der Waals surface area contributed by atoms with Gasteiger partial charge in [0.2, 0.25) is 0 Å². The van der Waals surface area contributed by atoms with E-state index in [-0.39, 0.29) is 5.78 Å². The number of carbonyl (C=O) groups excluding carboxylic acids is 1. The number of hydrogen-bond donors (Lipinski definition) is 0. The molecule has 0 spiro atoms. The fourth-order valence-corrected chi connectivity index (χ4v) is 9.60. The van der Waals surface area contributed by atoms with E-state index in [0.29, 0.717) is 0 Å². The lowest BCUT2D eigenvalue weighted by atomic mass is 10.1. The Hall–Kier alpha value is -1.72. The summed E-state index contributed by atoms with van der Waals surface area (Å²) in [6.45, 7) is 11.5. The van der Waals surface area contributed by atoms with Crippen molar-refractivity contribution in [1.82, 2.24) is 0 Å². The zero-order valence-electron chi connectivity index (χ0n) is 14.8. The average Bonchev–Trinajstić information content (AvgIpc) is 2.54. The normalized spacial score (nSPS) is 12.6. The van der Waals surface area contributed by atoms with Crippen LogP contribution < -0.4 is 5.19 Å². The topological polar surface area (TPSA) is 17.1 Å². The van der Waals surface area contributed by atoms with Crippen molar-refractivity contribution >= 4 is 32.2 Å². The first-order valence-corrected chi connectivity index (χ1v) is 15.2. The third kappa shape index (κ3) is 3.98. The number of Topliss-reactive ketones (excluding diaryl/α,β-unsaturated/α-hetero) is 1. The second-order valence-electron chi connectivity index (χ2n) is 7.22. The van der Waals surface area contributed by atoms with Gasteiger partial charge in [-0.3, -0.25) is 4.79 Å². The highest BCUT2D eigenvalue weighted by molar-refractivity contribution is 7.47. The van der Waals surface area contributed by atoms with E-state index < -0.39 is 15.2 Å². The Balaban J connectivity index is 2.24. The second kappa shape index (κ2) is 6.81. The molecule has 0 aliphatic heterocycles. The second-order valence-corrected chi connectivity index (χ2v) is 22.4. The molecule has 0 bridgehead atoms. The van der Waals surface area contributed by atoms with Crippen molar-refractivity contribution in [3.63, 3.8) is 0 Å². The molecule has 0 aliphatic carbocycles. The molecule has 3 heteroatoms. The first-order chi connectivity index (χ1) is 10.7. The molecule has 23 heavy (non-hydrogen) atoms. The van der Waals surface area contributed by atoms with Gasteiger partial charge in [-0.05, 0) is 12.5 Å². The summed E-state index contributed by atoms with van der Waals surface area (Å²) in [5, 5.41) is 1.54. The molecule has 2 aromatic carbocycles. The van der Waals surface area contributed by atoms with Crippen LogP contribution in [0.2, 0.25) is 26.2 Å². The predicted octanol–water partition coefficient (Wildman–Crippen LogP) is 4.84. The number of rotatable bonds is 5. The molecule has 0 atom stereocenters. The largest absolute Gasteiger partial charge is 0.295 e. The van der Waals surface area contributed by atoms with Crippen molar-refractivity contribution in [2.75, 3.05) is 0 Å².